The minimum absolute atomic E-state index is 0.0119. The molecule has 0 aliphatic carbocycles. The summed E-state index contributed by atoms with van der Waals surface area (Å²) in [5.74, 6) is -0.0304. The van der Waals surface area contributed by atoms with Crippen LogP contribution in [0.5, 0.6) is 0 Å². The fourth-order valence-corrected chi connectivity index (χ4v) is 1.20. The second kappa shape index (κ2) is 3.00. The Bertz CT molecular complexity index is 152. The summed E-state index contributed by atoms with van der Waals surface area (Å²) in [5.41, 5.74) is 0. The van der Waals surface area contributed by atoms with E-state index in [2.05, 4.69) is 6.07 Å². The molecule has 0 aromatic carbocycles. The molecule has 0 radical (unpaired) electrons. The van der Waals surface area contributed by atoms with Gasteiger partial charge < -0.3 is 9.84 Å². The average molecular weight is 141 g/mol. The molecule has 1 heterocycles. The second-order valence-corrected chi connectivity index (χ2v) is 2.62. The quantitative estimate of drug-likeness (QED) is 0.571. The molecule has 0 unspecified atom stereocenters. The average Bonchev–Trinajstić information content (AvgIpc) is 2.30. The fraction of sp³-hybridized carbons (Fsp3) is 0.857. The van der Waals surface area contributed by atoms with Crippen molar-refractivity contribution in [3.63, 3.8) is 0 Å². The Labute approximate surface area is 60.2 Å². The zero-order valence-electron chi connectivity index (χ0n) is 5.95. The Morgan fingerprint density at radius 3 is 2.80 bits per heavy atom. The van der Waals surface area contributed by atoms with Crippen molar-refractivity contribution in [2.24, 2.45) is 5.92 Å². The first kappa shape index (κ1) is 7.52. The highest BCUT2D eigenvalue weighted by Gasteiger charge is 2.31. The van der Waals surface area contributed by atoms with Gasteiger partial charge in [-0.25, -0.2) is 0 Å². The van der Waals surface area contributed by atoms with Crippen molar-refractivity contribution in [1.82, 2.24) is 0 Å². The van der Waals surface area contributed by atoms with Crippen molar-refractivity contribution >= 4 is 0 Å². The molecule has 0 aromatic heterocycles. The van der Waals surface area contributed by atoms with Gasteiger partial charge in [0.15, 0.2) is 0 Å². The maximum atomic E-state index is 8.66. The first-order valence-corrected chi connectivity index (χ1v) is 3.44. The van der Waals surface area contributed by atoms with E-state index in [1.807, 2.05) is 6.92 Å². The number of nitriles is 1. The molecule has 1 N–H and O–H groups in total. The van der Waals surface area contributed by atoms with E-state index >= 15 is 0 Å². The van der Waals surface area contributed by atoms with Crippen LogP contribution >= 0.6 is 0 Å². The van der Waals surface area contributed by atoms with Gasteiger partial charge in [-0.2, -0.15) is 5.26 Å². The Morgan fingerprint density at radius 2 is 2.50 bits per heavy atom. The van der Waals surface area contributed by atoms with E-state index in [4.69, 9.17) is 15.1 Å². The van der Waals surface area contributed by atoms with Crippen LogP contribution in [0.15, 0.2) is 0 Å². The van der Waals surface area contributed by atoms with Gasteiger partial charge >= 0.3 is 0 Å². The Hall–Kier alpha value is -0.590. The lowest BCUT2D eigenvalue weighted by Gasteiger charge is -2.05. The summed E-state index contributed by atoms with van der Waals surface area (Å²) in [7, 11) is 0. The first-order chi connectivity index (χ1) is 4.77. The van der Waals surface area contributed by atoms with E-state index in [0.29, 0.717) is 6.42 Å². The van der Waals surface area contributed by atoms with Crippen LogP contribution in [0.3, 0.4) is 0 Å². The first-order valence-electron chi connectivity index (χ1n) is 3.44. The van der Waals surface area contributed by atoms with Gasteiger partial charge in [0.05, 0.1) is 30.8 Å². The summed E-state index contributed by atoms with van der Waals surface area (Å²) in [6.45, 7) is 1.89. The fourth-order valence-electron chi connectivity index (χ4n) is 1.20. The van der Waals surface area contributed by atoms with Gasteiger partial charge in [0.1, 0.15) is 0 Å². The molecule has 0 bridgehead atoms. The second-order valence-electron chi connectivity index (χ2n) is 2.62. The Kier molecular flexibility index (Phi) is 2.25. The number of aliphatic hydroxyl groups is 1. The molecule has 1 rings (SSSR count). The van der Waals surface area contributed by atoms with Crippen LogP contribution in [0.25, 0.3) is 0 Å². The van der Waals surface area contributed by atoms with Crippen molar-refractivity contribution in [1.29, 1.82) is 5.26 Å². The number of hydrogen-bond acceptors (Lipinski definition) is 3. The predicted molar refractivity (Wildman–Crippen MR) is 35.1 cm³/mol. The number of rotatable bonds is 1. The highest BCUT2D eigenvalue weighted by Crippen LogP contribution is 2.24. The van der Waals surface area contributed by atoms with Gasteiger partial charge in [-0.15, -0.1) is 0 Å². The van der Waals surface area contributed by atoms with E-state index in [9.17, 15) is 0 Å². The van der Waals surface area contributed by atoms with E-state index in [-0.39, 0.29) is 24.7 Å². The van der Waals surface area contributed by atoms with Crippen LogP contribution in [0.2, 0.25) is 0 Å². The third-order valence-electron chi connectivity index (χ3n) is 1.86. The summed E-state index contributed by atoms with van der Waals surface area (Å²) < 4.78 is 5.24. The van der Waals surface area contributed by atoms with Gasteiger partial charge in [0.2, 0.25) is 0 Å². The molecule has 3 heteroatoms. The monoisotopic (exact) mass is 141 g/mol. The van der Waals surface area contributed by atoms with Gasteiger partial charge in [0.25, 0.3) is 0 Å². The molecule has 0 saturated carbocycles. The van der Waals surface area contributed by atoms with Crippen LogP contribution < -0.4 is 0 Å². The van der Waals surface area contributed by atoms with Gasteiger partial charge in [-0.3, -0.25) is 0 Å². The van der Waals surface area contributed by atoms with Gasteiger partial charge in [-0.1, -0.05) is 0 Å². The maximum Gasteiger partial charge on any atom is 0.0823 e. The van der Waals surface area contributed by atoms with Crippen LogP contribution in [0, 0.1) is 17.2 Å². The summed E-state index contributed by atoms with van der Waals surface area (Å²) in [6, 6.07) is 2.14. The summed E-state index contributed by atoms with van der Waals surface area (Å²) >= 11 is 0. The largest absolute Gasteiger partial charge is 0.394 e. The molecule has 1 fully saturated rings. The highest BCUT2D eigenvalue weighted by atomic mass is 16.5. The SMILES string of the molecule is C[C@@H]1O[C@H](CO)C[C@@H]1C#N. The van der Waals surface area contributed by atoms with Crippen LogP contribution in [0.4, 0.5) is 0 Å². The third kappa shape index (κ3) is 1.28. The highest BCUT2D eigenvalue weighted by molar-refractivity contribution is 4.93. The molecule has 0 amide bonds. The lowest BCUT2D eigenvalue weighted by atomic mass is 10.0. The summed E-state index contributed by atoms with van der Waals surface area (Å²) in [4.78, 5) is 0. The number of nitrogens with zero attached hydrogens (tertiary/aromatic N) is 1. The summed E-state index contributed by atoms with van der Waals surface area (Å²) in [5, 5.41) is 17.2. The molecule has 1 saturated heterocycles. The van der Waals surface area contributed by atoms with E-state index in [0.717, 1.165) is 0 Å². The number of ether oxygens (including phenoxy) is 1. The normalized spacial score (nSPS) is 39.5. The molecule has 1 aliphatic rings. The zero-order valence-corrected chi connectivity index (χ0v) is 5.95. The van der Waals surface area contributed by atoms with E-state index in [1.165, 1.54) is 0 Å². The Balaban J connectivity index is 2.46. The maximum absolute atomic E-state index is 8.66. The lowest BCUT2D eigenvalue weighted by Crippen LogP contribution is -2.12. The van der Waals surface area contributed by atoms with Crippen LogP contribution in [-0.4, -0.2) is 23.9 Å². The van der Waals surface area contributed by atoms with Crippen molar-refractivity contribution in [2.75, 3.05) is 6.61 Å². The van der Waals surface area contributed by atoms with Crippen LogP contribution in [0.1, 0.15) is 13.3 Å². The smallest absolute Gasteiger partial charge is 0.0823 e. The molecule has 0 spiro atoms. The minimum atomic E-state index is -0.111. The van der Waals surface area contributed by atoms with E-state index < -0.39 is 0 Å². The molecule has 10 heavy (non-hydrogen) atoms. The summed E-state index contributed by atoms with van der Waals surface area (Å²) in [6.07, 6.45) is 0.551. The molecule has 3 nitrogen and oxygen atoms in total. The Morgan fingerprint density at radius 1 is 1.80 bits per heavy atom. The molecular formula is C7H11NO2. The predicted octanol–water partition coefficient (Wildman–Crippen LogP) is 0.296. The van der Waals surface area contributed by atoms with Gasteiger partial charge in [-0.05, 0) is 13.3 Å². The molecular weight excluding hydrogens is 130 g/mol. The van der Waals surface area contributed by atoms with Crippen molar-refractivity contribution < 1.29 is 9.84 Å². The van der Waals surface area contributed by atoms with Crippen molar-refractivity contribution in [3.8, 4) is 6.07 Å². The van der Waals surface area contributed by atoms with Crippen molar-refractivity contribution in [2.45, 2.75) is 25.6 Å². The number of aliphatic hydroxyl groups excluding tert-OH is 1. The molecule has 56 valence electrons. The van der Waals surface area contributed by atoms with Gasteiger partial charge in [0, 0.05) is 0 Å². The third-order valence-corrected chi connectivity index (χ3v) is 1.86. The standard InChI is InChI=1S/C7H11NO2/c1-5-6(3-8)2-7(4-9)10-5/h5-7,9H,2,4H2,1H3/t5-,6+,7-/m0/s1. The lowest BCUT2D eigenvalue weighted by molar-refractivity contribution is 0.0167. The topological polar surface area (TPSA) is 53.2 Å². The van der Waals surface area contributed by atoms with Crippen molar-refractivity contribution in [3.05, 3.63) is 0 Å². The molecule has 0 aromatic rings. The molecule has 3 atom stereocenters. The van der Waals surface area contributed by atoms with E-state index in [1.54, 1.807) is 0 Å². The number of hydrogen-bond donors (Lipinski definition) is 1. The minimum Gasteiger partial charge on any atom is -0.394 e. The van der Waals surface area contributed by atoms with Crippen LogP contribution in [-0.2, 0) is 4.74 Å². The zero-order chi connectivity index (χ0) is 7.56. The molecule has 1 aliphatic heterocycles.